The number of nitrogens with one attached hydrogen (secondary N) is 2. The lowest BCUT2D eigenvalue weighted by Gasteiger charge is -2.10. The van der Waals surface area contributed by atoms with Gasteiger partial charge in [0.25, 0.3) is 5.91 Å². The van der Waals surface area contributed by atoms with Gasteiger partial charge in [0.15, 0.2) is 17.5 Å². The summed E-state index contributed by atoms with van der Waals surface area (Å²) in [5.74, 6) is -4.56. The highest BCUT2D eigenvalue weighted by atomic mass is 19.2. The van der Waals surface area contributed by atoms with Gasteiger partial charge in [-0.25, -0.2) is 23.1 Å². The molecule has 6 nitrogen and oxygen atoms in total. The molecule has 0 bridgehead atoms. The molecule has 2 N–H and O–H groups in total. The first-order chi connectivity index (χ1) is 11.4. The van der Waals surface area contributed by atoms with Crippen LogP contribution in [0.2, 0.25) is 0 Å². The van der Waals surface area contributed by atoms with Gasteiger partial charge in [-0.3, -0.25) is 4.79 Å². The Kier molecular flexibility index (Phi) is 5.69. The number of benzene rings is 1. The van der Waals surface area contributed by atoms with Crippen molar-refractivity contribution in [3.63, 3.8) is 0 Å². The van der Waals surface area contributed by atoms with Crippen LogP contribution in [-0.2, 0) is 4.74 Å². The Morgan fingerprint density at radius 1 is 1.21 bits per heavy atom. The summed E-state index contributed by atoms with van der Waals surface area (Å²) in [4.78, 5) is 20.2. The molecule has 0 aliphatic rings. The van der Waals surface area contributed by atoms with Crippen molar-refractivity contribution in [1.29, 1.82) is 0 Å². The lowest BCUT2D eigenvalue weighted by molar-refractivity contribution is 0.102. The van der Waals surface area contributed by atoms with Crippen molar-refractivity contribution in [2.45, 2.75) is 6.92 Å². The van der Waals surface area contributed by atoms with Crippen LogP contribution in [0, 0.1) is 24.4 Å². The summed E-state index contributed by atoms with van der Waals surface area (Å²) in [6.45, 7) is 2.48. The highest BCUT2D eigenvalue weighted by molar-refractivity contribution is 6.03. The summed E-state index contributed by atoms with van der Waals surface area (Å²) in [6.07, 6.45) is 0. The summed E-state index contributed by atoms with van der Waals surface area (Å²) < 4.78 is 44.6. The van der Waals surface area contributed by atoms with Crippen LogP contribution < -0.4 is 10.6 Å². The Hall–Kier alpha value is -2.68. The third-order valence-corrected chi connectivity index (χ3v) is 2.97. The molecule has 0 atom stereocenters. The van der Waals surface area contributed by atoms with Gasteiger partial charge in [0.05, 0.1) is 12.3 Å². The molecule has 0 unspecified atom stereocenters. The second-order valence-electron chi connectivity index (χ2n) is 4.78. The van der Waals surface area contributed by atoms with E-state index in [9.17, 15) is 18.0 Å². The molecule has 9 heteroatoms. The smallest absolute Gasteiger partial charge is 0.274 e. The molecule has 128 valence electrons. The number of halogens is 3. The number of rotatable bonds is 6. The maximum atomic E-state index is 13.6. The quantitative estimate of drug-likeness (QED) is 0.624. The fraction of sp³-hybridized carbons (Fsp3) is 0.267. The van der Waals surface area contributed by atoms with E-state index in [0.717, 1.165) is 12.1 Å². The Morgan fingerprint density at radius 3 is 2.67 bits per heavy atom. The number of hydrogen-bond donors (Lipinski definition) is 2. The van der Waals surface area contributed by atoms with Crippen LogP contribution in [0.25, 0.3) is 0 Å². The zero-order valence-corrected chi connectivity index (χ0v) is 13.0. The second-order valence-corrected chi connectivity index (χ2v) is 4.78. The number of carbonyl (C=O) groups is 1. The molecular weight excluding hydrogens is 325 g/mol. The number of methoxy groups -OCH3 is 1. The third kappa shape index (κ3) is 4.19. The molecule has 1 aromatic heterocycles. The number of amides is 1. The van der Waals surface area contributed by atoms with Gasteiger partial charge >= 0.3 is 0 Å². The van der Waals surface area contributed by atoms with Crippen molar-refractivity contribution in [1.82, 2.24) is 9.97 Å². The molecule has 0 fully saturated rings. The molecule has 1 amide bonds. The van der Waals surface area contributed by atoms with Gasteiger partial charge in [-0.15, -0.1) is 0 Å². The minimum atomic E-state index is -1.66. The van der Waals surface area contributed by atoms with Crippen LogP contribution in [0.15, 0.2) is 18.2 Å². The summed E-state index contributed by atoms with van der Waals surface area (Å²) in [6, 6.07) is 3.00. The van der Waals surface area contributed by atoms with Crippen LogP contribution in [0.1, 0.15) is 16.3 Å². The lowest BCUT2D eigenvalue weighted by atomic mass is 10.2. The fourth-order valence-electron chi connectivity index (χ4n) is 1.86. The van der Waals surface area contributed by atoms with Gasteiger partial charge in [-0.1, -0.05) is 0 Å². The fourth-order valence-corrected chi connectivity index (χ4v) is 1.86. The number of nitrogens with zero attached hydrogens (tertiary/aromatic N) is 2. The molecule has 24 heavy (non-hydrogen) atoms. The van der Waals surface area contributed by atoms with Crippen molar-refractivity contribution < 1.29 is 22.7 Å². The predicted molar refractivity (Wildman–Crippen MR) is 81.4 cm³/mol. The lowest BCUT2D eigenvalue weighted by Crippen LogP contribution is -2.17. The van der Waals surface area contributed by atoms with E-state index in [2.05, 4.69) is 20.6 Å². The highest BCUT2D eigenvalue weighted by Gasteiger charge is 2.17. The average Bonchev–Trinajstić information content (AvgIpc) is 2.55. The molecule has 0 saturated carbocycles. The SMILES string of the molecule is COCCNc1cc(C(=O)Nc2ccc(F)c(F)c2F)nc(C)n1. The van der Waals surface area contributed by atoms with E-state index in [0.29, 0.717) is 24.8 Å². The highest BCUT2D eigenvalue weighted by Crippen LogP contribution is 2.20. The number of aryl methyl sites for hydroxylation is 1. The van der Waals surface area contributed by atoms with Gasteiger partial charge in [-0.05, 0) is 19.1 Å². The predicted octanol–water partition coefficient (Wildman–Crippen LogP) is 2.51. The monoisotopic (exact) mass is 340 g/mol. The summed E-state index contributed by atoms with van der Waals surface area (Å²) >= 11 is 0. The van der Waals surface area contributed by atoms with Crippen LogP contribution in [0.3, 0.4) is 0 Å². The molecule has 0 aliphatic carbocycles. The Labute approximate surface area is 136 Å². The summed E-state index contributed by atoms with van der Waals surface area (Å²) in [7, 11) is 1.54. The van der Waals surface area contributed by atoms with Crippen LogP contribution in [0.4, 0.5) is 24.7 Å². The molecule has 0 saturated heterocycles. The first-order valence-corrected chi connectivity index (χ1v) is 6.95. The van der Waals surface area contributed by atoms with Gasteiger partial charge in [-0.2, -0.15) is 0 Å². The minimum absolute atomic E-state index is 0.0495. The molecule has 0 radical (unpaired) electrons. The van der Waals surface area contributed by atoms with Gasteiger partial charge in [0.1, 0.15) is 17.3 Å². The molecule has 0 aliphatic heterocycles. The van der Waals surface area contributed by atoms with Crippen molar-refractivity contribution in [2.75, 3.05) is 30.9 Å². The Balaban J connectivity index is 2.19. The first kappa shape index (κ1) is 17.7. The number of ether oxygens (including phenoxy) is 1. The minimum Gasteiger partial charge on any atom is -0.383 e. The zero-order valence-electron chi connectivity index (χ0n) is 13.0. The van der Waals surface area contributed by atoms with E-state index in [1.807, 2.05) is 0 Å². The maximum Gasteiger partial charge on any atom is 0.274 e. The standard InChI is InChI=1S/C15H15F3N4O2/c1-8-20-11(7-12(21-8)19-5-6-24-2)15(23)22-10-4-3-9(16)13(17)14(10)18/h3-4,7H,5-6H2,1-2H3,(H,22,23)(H,19,20,21). The molecule has 1 aromatic carbocycles. The van der Waals surface area contributed by atoms with Crippen LogP contribution in [0.5, 0.6) is 0 Å². The van der Waals surface area contributed by atoms with Gasteiger partial charge < -0.3 is 15.4 Å². The van der Waals surface area contributed by atoms with Gasteiger partial charge in [0, 0.05) is 19.7 Å². The third-order valence-electron chi connectivity index (χ3n) is 2.97. The maximum absolute atomic E-state index is 13.6. The number of anilines is 2. The summed E-state index contributed by atoms with van der Waals surface area (Å²) in [5, 5.41) is 5.09. The topological polar surface area (TPSA) is 76.1 Å². The average molecular weight is 340 g/mol. The van der Waals surface area contributed by atoms with Crippen molar-refractivity contribution in [3.8, 4) is 0 Å². The Bertz CT molecular complexity index is 756. The summed E-state index contributed by atoms with van der Waals surface area (Å²) in [5.41, 5.74) is -0.532. The van der Waals surface area contributed by atoms with Crippen molar-refractivity contribution in [3.05, 3.63) is 47.2 Å². The number of carbonyl (C=O) groups excluding carboxylic acids is 1. The molecular formula is C15H15F3N4O2. The molecule has 2 aromatic rings. The van der Waals surface area contributed by atoms with E-state index < -0.39 is 29.0 Å². The van der Waals surface area contributed by atoms with E-state index >= 15 is 0 Å². The van der Waals surface area contributed by atoms with Crippen molar-refractivity contribution >= 4 is 17.4 Å². The van der Waals surface area contributed by atoms with Crippen LogP contribution in [-0.4, -0.2) is 36.1 Å². The van der Waals surface area contributed by atoms with E-state index in [1.54, 1.807) is 14.0 Å². The van der Waals surface area contributed by atoms with Crippen LogP contribution >= 0.6 is 0 Å². The molecule has 2 rings (SSSR count). The molecule has 0 spiro atoms. The normalized spacial score (nSPS) is 10.5. The Morgan fingerprint density at radius 2 is 1.96 bits per heavy atom. The van der Waals surface area contributed by atoms with E-state index in [4.69, 9.17) is 4.74 Å². The number of hydrogen-bond acceptors (Lipinski definition) is 5. The van der Waals surface area contributed by atoms with Gasteiger partial charge in [0.2, 0.25) is 0 Å². The zero-order chi connectivity index (χ0) is 17.7. The largest absolute Gasteiger partial charge is 0.383 e. The van der Waals surface area contributed by atoms with Crippen molar-refractivity contribution in [2.24, 2.45) is 0 Å². The van der Waals surface area contributed by atoms with E-state index in [1.165, 1.54) is 6.07 Å². The second kappa shape index (κ2) is 7.73. The first-order valence-electron chi connectivity index (χ1n) is 6.95. The molecule has 1 heterocycles. The number of aromatic nitrogens is 2. The van der Waals surface area contributed by atoms with E-state index in [-0.39, 0.29) is 5.69 Å².